The van der Waals surface area contributed by atoms with E-state index in [1.54, 1.807) is 0 Å². The average molecular weight is 249 g/mol. The molecule has 100 valence electrons. The first-order valence-electron chi connectivity index (χ1n) is 7.07. The van der Waals surface area contributed by atoms with Gasteiger partial charge in [-0.2, -0.15) is 5.10 Å². The van der Waals surface area contributed by atoms with Gasteiger partial charge in [0.15, 0.2) is 0 Å². The molecule has 2 aliphatic heterocycles. The molecular weight excluding hydrogens is 226 g/mol. The molecule has 1 N–H and O–H groups in total. The highest BCUT2D eigenvalue weighted by Gasteiger charge is 2.43. The first-order chi connectivity index (χ1) is 8.78. The van der Waals surface area contributed by atoms with Gasteiger partial charge in [-0.05, 0) is 45.2 Å². The molecular formula is C14H23N3O. The second kappa shape index (κ2) is 5.02. The smallest absolute Gasteiger partial charge is 0.0623 e. The molecule has 2 aliphatic rings. The summed E-state index contributed by atoms with van der Waals surface area (Å²) in [5.41, 5.74) is 1.32. The van der Waals surface area contributed by atoms with E-state index in [2.05, 4.69) is 23.5 Å². The molecule has 4 atom stereocenters. The highest BCUT2D eigenvalue weighted by molar-refractivity contribution is 5.02. The molecule has 1 aromatic rings. The lowest BCUT2D eigenvalue weighted by Gasteiger charge is -2.28. The van der Waals surface area contributed by atoms with Crippen molar-refractivity contribution in [2.75, 3.05) is 7.05 Å². The van der Waals surface area contributed by atoms with Gasteiger partial charge in [-0.1, -0.05) is 0 Å². The van der Waals surface area contributed by atoms with E-state index in [1.807, 2.05) is 17.9 Å². The largest absolute Gasteiger partial charge is 0.375 e. The minimum absolute atomic E-state index is 0.513. The summed E-state index contributed by atoms with van der Waals surface area (Å²) < 4.78 is 7.95. The zero-order valence-corrected chi connectivity index (χ0v) is 11.3. The van der Waals surface area contributed by atoms with Crippen molar-refractivity contribution in [3.05, 3.63) is 18.0 Å². The lowest BCUT2D eigenvalue weighted by Crippen LogP contribution is -2.39. The molecule has 0 aliphatic carbocycles. The van der Waals surface area contributed by atoms with Crippen LogP contribution in [0.5, 0.6) is 0 Å². The third-order valence-corrected chi connectivity index (χ3v) is 4.67. The molecule has 3 rings (SSSR count). The van der Waals surface area contributed by atoms with Crippen molar-refractivity contribution < 1.29 is 4.74 Å². The Bertz CT molecular complexity index is 403. The molecule has 0 aromatic carbocycles. The monoisotopic (exact) mass is 249 g/mol. The summed E-state index contributed by atoms with van der Waals surface area (Å²) in [6.45, 7) is 0. The first-order valence-corrected chi connectivity index (χ1v) is 7.07. The van der Waals surface area contributed by atoms with Crippen LogP contribution in [-0.2, 0) is 18.2 Å². The van der Waals surface area contributed by atoms with Crippen molar-refractivity contribution >= 4 is 0 Å². The molecule has 1 aromatic heterocycles. The van der Waals surface area contributed by atoms with Crippen molar-refractivity contribution in [2.24, 2.45) is 13.0 Å². The fourth-order valence-electron chi connectivity index (χ4n) is 3.62. The summed E-state index contributed by atoms with van der Waals surface area (Å²) in [5.74, 6) is 0.710. The molecule has 18 heavy (non-hydrogen) atoms. The molecule has 0 radical (unpaired) electrons. The summed E-state index contributed by atoms with van der Waals surface area (Å²) in [4.78, 5) is 0. The van der Waals surface area contributed by atoms with E-state index in [0.29, 0.717) is 24.2 Å². The van der Waals surface area contributed by atoms with Gasteiger partial charge in [-0.15, -0.1) is 0 Å². The molecule has 2 saturated heterocycles. The van der Waals surface area contributed by atoms with Gasteiger partial charge in [0, 0.05) is 30.9 Å². The summed E-state index contributed by atoms with van der Waals surface area (Å²) in [7, 11) is 4.10. The minimum atomic E-state index is 0.513. The maximum Gasteiger partial charge on any atom is 0.0623 e. The van der Waals surface area contributed by atoms with E-state index < -0.39 is 0 Å². The molecule has 2 fully saturated rings. The van der Waals surface area contributed by atoms with Crippen molar-refractivity contribution in [3.63, 3.8) is 0 Å². The highest BCUT2D eigenvalue weighted by atomic mass is 16.5. The number of hydrogen-bond donors (Lipinski definition) is 1. The SMILES string of the molecule is CNC(CCc1ccnn1C)C1CC2CCC1O2. The first kappa shape index (κ1) is 12.2. The van der Waals surface area contributed by atoms with E-state index in [0.717, 1.165) is 6.42 Å². The van der Waals surface area contributed by atoms with Gasteiger partial charge in [0.1, 0.15) is 0 Å². The van der Waals surface area contributed by atoms with Crippen molar-refractivity contribution in [3.8, 4) is 0 Å². The maximum atomic E-state index is 5.97. The van der Waals surface area contributed by atoms with Crippen LogP contribution in [0.1, 0.15) is 31.4 Å². The molecule has 4 heteroatoms. The number of rotatable bonds is 5. The fourth-order valence-corrected chi connectivity index (χ4v) is 3.62. The van der Waals surface area contributed by atoms with E-state index >= 15 is 0 Å². The number of nitrogens with one attached hydrogen (secondary N) is 1. The maximum absolute atomic E-state index is 5.97. The Morgan fingerprint density at radius 2 is 2.44 bits per heavy atom. The highest BCUT2D eigenvalue weighted by Crippen LogP contribution is 2.41. The van der Waals surface area contributed by atoms with Gasteiger partial charge >= 0.3 is 0 Å². The van der Waals surface area contributed by atoms with Gasteiger partial charge in [-0.3, -0.25) is 4.68 Å². The quantitative estimate of drug-likeness (QED) is 0.859. The normalized spacial score (nSPS) is 32.0. The van der Waals surface area contributed by atoms with Gasteiger partial charge in [0.2, 0.25) is 0 Å². The standard InChI is InChI=1S/C14H23N3O/c1-15-13(5-3-10-7-8-16-17(10)2)12-9-11-4-6-14(12)18-11/h7-8,11-15H,3-6,9H2,1-2H3. The Kier molecular flexibility index (Phi) is 3.39. The fraction of sp³-hybridized carbons (Fsp3) is 0.786. The van der Waals surface area contributed by atoms with Gasteiger partial charge in [-0.25, -0.2) is 0 Å². The Labute approximate surface area is 109 Å². The van der Waals surface area contributed by atoms with Crippen LogP contribution in [0, 0.1) is 5.92 Å². The number of ether oxygens (including phenoxy) is 1. The molecule has 3 heterocycles. The summed E-state index contributed by atoms with van der Waals surface area (Å²) in [6.07, 6.45) is 9.00. The van der Waals surface area contributed by atoms with Crippen molar-refractivity contribution in [1.29, 1.82) is 0 Å². The van der Waals surface area contributed by atoms with Crippen LogP contribution in [-0.4, -0.2) is 35.1 Å². The zero-order chi connectivity index (χ0) is 12.5. The van der Waals surface area contributed by atoms with Crippen molar-refractivity contribution in [1.82, 2.24) is 15.1 Å². The molecule has 0 amide bonds. The van der Waals surface area contributed by atoms with Crippen LogP contribution in [0.3, 0.4) is 0 Å². The second-order valence-electron chi connectivity index (χ2n) is 5.65. The van der Waals surface area contributed by atoms with E-state index in [9.17, 15) is 0 Å². The van der Waals surface area contributed by atoms with E-state index in [4.69, 9.17) is 4.74 Å². The number of aromatic nitrogens is 2. The molecule has 2 bridgehead atoms. The minimum Gasteiger partial charge on any atom is -0.375 e. The van der Waals surface area contributed by atoms with Crippen LogP contribution in [0.4, 0.5) is 0 Å². The van der Waals surface area contributed by atoms with Gasteiger partial charge in [0.25, 0.3) is 0 Å². The number of hydrogen-bond acceptors (Lipinski definition) is 3. The van der Waals surface area contributed by atoms with Gasteiger partial charge in [0.05, 0.1) is 12.2 Å². The topological polar surface area (TPSA) is 39.1 Å². The molecule has 4 unspecified atom stereocenters. The zero-order valence-electron chi connectivity index (χ0n) is 11.3. The van der Waals surface area contributed by atoms with Crippen LogP contribution < -0.4 is 5.32 Å². The number of aryl methyl sites for hydroxylation is 2. The Morgan fingerprint density at radius 3 is 3.00 bits per heavy atom. The summed E-state index contributed by atoms with van der Waals surface area (Å²) >= 11 is 0. The third-order valence-electron chi connectivity index (χ3n) is 4.67. The lowest BCUT2D eigenvalue weighted by molar-refractivity contribution is 0.0856. The number of nitrogens with zero attached hydrogens (tertiary/aromatic N) is 2. The Balaban J connectivity index is 1.58. The number of fused-ring (bicyclic) bond motifs is 2. The van der Waals surface area contributed by atoms with Crippen LogP contribution >= 0.6 is 0 Å². The van der Waals surface area contributed by atoms with Crippen LogP contribution in [0.2, 0.25) is 0 Å². The van der Waals surface area contributed by atoms with Crippen LogP contribution in [0.15, 0.2) is 12.3 Å². The Hall–Kier alpha value is -0.870. The Morgan fingerprint density at radius 1 is 1.56 bits per heavy atom. The summed E-state index contributed by atoms with van der Waals surface area (Å²) in [5, 5.41) is 7.73. The average Bonchev–Trinajstić information content (AvgIpc) is 3.07. The predicted octanol–water partition coefficient (Wildman–Crippen LogP) is 1.51. The molecule has 0 spiro atoms. The van der Waals surface area contributed by atoms with E-state index in [1.165, 1.54) is 31.4 Å². The van der Waals surface area contributed by atoms with Gasteiger partial charge < -0.3 is 10.1 Å². The molecule has 4 nitrogen and oxygen atoms in total. The van der Waals surface area contributed by atoms with Crippen LogP contribution in [0.25, 0.3) is 0 Å². The predicted molar refractivity (Wildman–Crippen MR) is 70.4 cm³/mol. The van der Waals surface area contributed by atoms with Crippen molar-refractivity contribution in [2.45, 2.75) is 50.4 Å². The summed E-state index contributed by atoms with van der Waals surface area (Å²) in [6, 6.07) is 2.69. The lowest BCUT2D eigenvalue weighted by atomic mass is 9.82. The van der Waals surface area contributed by atoms with E-state index in [-0.39, 0.29) is 0 Å². The molecule has 0 saturated carbocycles. The third kappa shape index (κ3) is 2.19. The second-order valence-corrected chi connectivity index (χ2v) is 5.65.